The molecule has 10 heteroatoms. The molecular formula is C21H23N5O3S2. The highest BCUT2D eigenvalue weighted by Crippen LogP contribution is 2.40. The third-order valence-electron chi connectivity index (χ3n) is 4.95. The van der Waals surface area contributed by atoms with Crippen LogP contribution in [0.15, 0.2) is 64.6 Å². The fourth-order valence-corrected chi connectivity index (χ4v) is 4.57. The third-order valence-corrected chi connectivity index (χ3v) is 6.94. The first kappa shape index (κ1) is 21.5. The van der Waals surface area contributed by atoms with Gasteiger partial charge in [-0.3, -0.25) is 4.79 Å². The highest BCUT2D eigenvalue weighted by Gasteiger charge is 2.31. The summed E-state index contributed by atoms with van der Waals surface area (Å²) in [4.78, 5) is 12.7. The van der Waals surface area contributed by atoms with E-state index in [1.807, 2.05) is 18.2 Å². The number of nitrogens with zero attached hydrogens (tertiary/aromatic N) is 3. The van der Waals surface area contributed by atoms with Gasteiger partial charge in [0.05, 0.1) is 16.7 Å². The van der Waals surface area contributed by atoms with Crippen LogP contribution in [-0.2, 0) is 21.4 Å². The SMILES string of the molecule is CC(Sc1nnc(C2CC2)n1Cc1ccccc1)C(=O)Nc1cccc(S(N)(=O)=O)c1. The maximum atomic E-state index is 12.7. The second-order valence-electron chi connectivity index (χ2n) is 7.51. The average molecular weight is 458 g/mol. The van der Waals surface area contributed by atoms with Gasteiger partial charge in [-0.2, -0.15) is 0 Å². The van der Waals surface area contributed by atoms with Gasteiger partial charge in [-0.1, -0.05) is 48.2 Å². The lowest BCUT2D eigenvalue weighted by Gasteiger charge is -2.14. The fourth-order valence-electron chi connectivity index (χ4n) is 3.15. The minimum atomic E-state index is -3.84. The molecule has 1 saturated carbocycles. The van der Waals surface area contributed by atoms with Crippen molar-refractivity contribution in [3.63, 3.8) is 0 Å². The number of thioether (sulfide) groups is 1. The van der Waals surface area contributed by atoms with E-state index in [1.54, 1.807) is 13.0 Å². The van der Waals surface area contributed by atoms with Gasteiger partial charge in [0.1, 0.15) is 5.82 Å². The van der Waals surface area contributed by atoms with Gasteiger partial charge in [0, 0.05) is 11.6 Å². The third kappa shape index (κ3) is 5.33. The van der Waals surface area contributed by atoms with Crippen LogP contribution in [0.3, 0.4) is 0 Å². The second kappa shape index (κ2) is 8.81. The van der Waals surface area contributed by atoms with Crippen molar-refractivity contribution in [1.82, 2.24) is 14.8 Å². The van der Waals surface area contributed by atoms with Crippen molar-refractivity contribution in [1.29, 1.82) is 0 Å². The molecule has 3 aromatic rings. The molecule has 8 nitrogen and oxygen atoms in total. The molecule has 1 aliphatic carbocycles. The first-order chi connectivity index (χ1) is 14.8. The lowest BCUT2D eigenvalue weighted by Crippen LogP contribution is -2.23. The molecule has 1 unspecified atom stereocenters. The summed E-state index contributed by atoms with van der Waals surface area (Å²) in [7, 11) is -3.84. The first-order valence-electron chi connectivity index (χ1n) is 9.88. The molecule has 1 amide bonds. The Bertz CT molecular complexity index is 1190. The summed E-state index contributed by atoms with van der Waals surface area (Å²) in [6, 6.07) is 16.0. The van der Waals surface area contributed by atoms with E-state index < -0.39 is 15.3 Å². The predicted molar refractivity (Wildman–Crippen MR) is 119 cm³/mol. The number of nitrogens with one attached hydrogen (secondary N) is 1. The molecule has 0 saturated heterocycles. The van der Waals surface area contributed by atoms with E-state index >= 15 is 0 Å². The van der Waals surface area contributed by atoms with Crippen LogP contribution in [0.4, 0.5) is 5.69 Å². The number of benzene rings is 2. The van der Waals surface area contributed by atoms with Gasteiger partial charge in [0.25, 0.3) is 0 Å². The number of sulfonamides is 1. The van der Waals surface area contributed by atoms with Gasteiger partial charge in [-0.15, -0.1) is 10.2 Å². The zero-order valence-corrected chi connectivity index (χ0v) is 18.6. The van der Waals surface area contributed by atoms with E-state index in [1.165, 1.54) is 30.0 Å². The molecule has 1 heterocycles. The lowest BCUT2D eigenvalue weighted by molar-refractivity contribution is -0.115. The van der Waals surface area contributed by atoms with Crippen molar-refractivity contribution >= 4 is 33.4 Å². The molecule has 0 aliphatic heterocycles. The molecule has 162 valence electrons. The Morgan fingerprint density at radius 3 is 2.61 bits per heavy atom. The predicted octanol–water partition coefficient (Wildman–Crippen LogP) is 2.97. The van der Waals surface area contributed by atoms with Crippen molar-refractivity contribution in [2.24, 2.45) is 5.14 Å². The molecule has 2 aromatic carbocycles. The molecule has 31 heavy (non-hydrogen) atoms. The number of aromatic nitrogens is 3. The summed E-state index contributed by atoms with van der Waals surface area (Å²) in [5.41, 5.74) is 1.51. The summed E-state index contributed by atoms with van der Waals surface area (Å²) >= 11 is 1.33. The van der Waals surface area contributed by atoms with Crippen LogP contribution in [0, 0.1) is 0 Å². The maximum absolute atomic E-state index is 12.7. The van der Waals surface area contributed by atoms with E-state index in [-0.39, 0.29) is 10.8 Å². The molecule has 1 aliphatic rings. The van der Waals surface area contributed by atoms with Gasteiger partial charge in [-0.05, 0) is 43.5 Å². The van der Waals surface area contributed by atoms with Crippen molar-refractivity contribution in [3.8, 4) is 0 Å². The molecule has 4 rings (SSSR count). The molecule has 1 aromatic heterocycles. The Balaban J connectivity index is 1.49. The number of carbonyl (C=O) groups excluding carboxylic acids is 1. The number of primary sulfonamides is 1. The van der Waals surface area contributed by atoms with Crippen LogP contribution < -0.4 is 10.5 Å². The number of anilines is 1. The van der Waals surface area contributed by atoms with E-state index in [4.69, 9.17) is 5.14 Å². The van der Waals surface area contributed by atoms with Crippen LogP contribution in [0.25, 0.3) is 0 Å². The largest absolute Gasteiger partial charge is 0.325 e. The zero-order valence-electron chi connectivity index (χ0n) is 16.9. The van der Waals surface area contributed by atoms with E-state index in [9.17, 15) is 13.2 Å². The topological polar surface area (TPSA) is 120 Å². The van der Waals surface area contributed by atoms with Crippen LogP contribution in [0.2, 0.25) is 0 Å². The molecule has 0 spiro atoms. The average Bonchev–Trinajstić information content (AvgIpc) is 3.51. The molecule has 1 fully saturated rings. The molecule has 0 bridgehead atoms. The Kier molecular flexibility index (Phi) is 6.12. The van der Waals surface area contributed by atoms with Crippen molar-refractivity contribution < 1.29 is 13.2 Å². The van der Waals surface area contributed by atoms with Crippen LogP contribution in [0.5, 0.6) is 0 Å². The van der Waals surface area contributed by atoms with Crippen LogP contribution in [0.1, 0.15) is 37.1 Å². The molecule has 3 N–H and O–H groups in total. The Hall–Kier alpha value is -2.69. The summed E-state index contributed by atoms with van der Waals surface area (Å²) in [6.45, 7) is 2.43. The monoisotopic (exact) mass is 457 g/mol. The molecular weight excluding hydrogens is 434 g/mol. The van der Waals surface area contributed by atoms with Crippen LogP contribution >= 0.6 is 11.8 Å². The highest BCUT2D eigenvalue weighted by molar-refractivity contribution is 8.00. The van der Waals surface area contributed by atoms with Crippen LogP contribution in [-0.4, -0.2) is 34.3 Å². The normalized spacial score (nSPS) is 14.9. The molecule has 0 radical (unpaired) electrons. The highest BCUT2D eigenvalue weighted by atomic mass is 32.2. The number of nitrogens with two attached hydrogens (primary N) is 1. The van der Waals surface area contributed by atoms with Gasteiger partial charge < -0.3 is 9.88 Å². The summed E-state index contributed by atoms with van der Waals surface area (Å²) < 4.78 is 25.2. The summed E-state index contributed by atoms with van der Waals surface area (Å²) in [5.74, 6) is 1.12. The molecule has 1 atom stereocenters. The quantitative estimate of drug-likeness (QED) is 0.502. The number of rotatable bonds is 8. The summed E-state index contributed by atoms with van der Waals surface area (Å²) in [5, 5.41) is 16.9. The van der Waals surface area contributed by atoms with Gasteiger partial charge in [0.15, 0.2) is 5.16 Å². The van der Waals surface area contributed by atoms with Crippen molar-refractivity contribution in [2.45, 2.75) is 47.5 Å². The summed E-state index contributed by atoms with van der Waals surface area (Å²) in [6.07, 6.45) is 2.21. The maximum Gasteiger partial charge on any atom is 0.238 e. The van der Waals surface area contributed by atoms with E-state index in [0.717, 1.165) is 24.2 Å². The Labute approximate surface area is 185 Å². The van der Waals surface area contributed by atoms with E-state index in [0.29, 0.717) is 23.3 Å². The smallest absolute Gasteiger partial charge is 0.238 e. The zero-order chi connectivity index (χ0) is 22.0. The fraction of sp³-hybridized carbons (Fsp3) is 0.286. The first-order valence-corrected chi connectivity index (χ1v) is 12.3. The van der Waals surface area contributed by atoms with Gasteiger partial charge >= 0.3 is 0 Å². The minimum Gasteiger partial charge on any atom is -0.325 e. The van der Waals surface area contributed by atoms with Gasteiger partial charge in [0.2, 0.25) is 15.9 Å². The number of carbonyl (C=O) groups is 1. The standard InChI is InChI=1S/C21H23N5O3S2/c1-14(20(27)23-17-8-5-9-18(12-17)31(22,28)29)30-21-25-24-19(16-10-11-16)26(21)13-15-6-3-2-4-7-15/h2-9,12,14,16H,10-11,13H2,1H3,(H,23,27)(H2,22,28,29). The van der Waals surface area contributed by atoms with Gasteiger partial charge in [-0.25, -0.2) is 13.6 Å². The number of amides is 1. The second-order valence-corrected chi connectivity index (χ2v) is 10.4. The number of hydrogen-bond acceptors (Lipinski definition) is 6. The lowest BCUT2D eigenvalue weighted by atomic mass is 10.2. The number of hydrogen-bond donors (Lipinski definition) is 2. The van der Waals surface area contributed by atoms with Crippen molar-refractivity contribution in [2.75, 3.05) is 5.32 Å². The van der Waals surface area contributed by atoms with E-state index in [2.05, 4.69) is 32.2 Å². The minimum absolute atomic E-state index is 0.0534. The Morgan fingerprint density at radius 2 is 1.94 bits per heavy atom. The Morgan fingerprint density at radius 1 is 1.19 bits per heavy atom. The van der Waals surface area contributed by atoms with Crippen molar-refractivity contribution in [3.05, 3.63) is 66.0 Å².